The lowest BCUT2D eigenvalue weighted by molar-refractivity contribution is 0.0775. The average Bonchev–Trinajstić information content (AvgIpc) is 2.07. The molecule has 78 valence electrons. The molecule has 1 N–H and O–H groups in total. The normalized spacial score (nSPS) is 11.6. The van der Waals surface area contributed by atoms with Gasteiger partial charge in [0.25, 0.3) is 0 Å². The highest BCUT2D eigenvalue weighted by Crippen LogP contribution is 2.33. The van der Waals surface area contributed by atoms with Crippen LogP contribution in [0.4, 0.5) is 0 Å². The lowest BCUT2D eigenvalue weighted by Crippen LogP contribution is -2.16. The van der Waals surface area contributed by atoms with Gasteiger partial charge in [0.2, 0.25) is 0 Å². The zero-order chi connectivity index (χ0) is 10.9. The molecule has 0 aromatic heterocycles. The molecule has 0 aliphatic rings. The quantitative estimate of drug-likeness (QED) is 0.884. The third-order valence-electron chi connectivity index (χ3n) is 2.12. The number of halogens is 1. The fraction of sp³-hybridized carbons (Fsp3) is 0.455. The number of aryl methyl sites for hydroxylation is 1. The zero-order valence-electron chi connectivity index (χ0n) is 8.89. The standard InChI is InChI=1S/C11H15BrO2/c1-7-5-8(14-4)6-9(10(7)12)11(2,3)13/h5-6,13H,1-4H3. The number of methoxy groups -OCH3 is 1. The van der Waals surface area contributed by atoms with Gasteiger partial charge in [-0.2, -0.15) is 0 Å². The molecule has 0 heterocycles. The first kappa shape index (κ1) is 11.5. The highest BCUT2D eigenvalue weighted by atomic mass is 79.9. The number of hydrogen-bond acceptors (Lipinski definition) is 2. The Labute approximate surface area is 93.0 Å². The second-order valence-electron chi connectivity index (χ2n) is 3.86. The van der Waals surface area contributed by atoms with E-state index in [-0.39, 0.29) is 0 Å². The van der Waals surface area contributed by atoms with Crippen molar-refractivity contribution in [1.29, 1.82) is 0 Å². The maximum absolute atomic E-state index is 9.93. The third-order valence-corrected chi connectivity index (χ3v) is 3.18. The summed E-state index contributed by atoms with van der Waals surface area (Å²) < 4.78 is 6.09. The molecular formula is C11H15BrO2. The lowest BCUT2D eigenvalue weighted by Gasteiger charge is -2.21. The predicted octanol–water partition coefficient (Wildman–Crippen LogP) is 2.99. The van der Waals surface area contributed by atoms with Crippen LogP contribution in [0.15, 0.2) is 16.6 Å². The van der Waals surface area contributed by atoms with Crippen molar-refractivity contribution in [3.8, 4) is 5.75 Å². The monoisotopic (exact) mass is 258 g/mol. The molecule has 0 aliphatic heterocycles. The van der Waals surface area contributed by atoms with Crippen molar-refractivity contribution in [2.24, 2.45) is 0 Å². The van der Waals surface area contributed by atoms with Crippen LogP contribution in [0.5, 0.6) is 5.75 Å². The van der Waals surface area contributed by atoms with Gasteiger partial charge in [0.1, 0.15) is 5.75 Å². The number of rotatable bonds is 2. The fourth-order valence-electron chi connectivity index (χ4n) is 1.30. The molecule has 0 atom stereocenters. The number of benzene rings is 1. The Kier molecular flexibility index (Phi) is 3.22. The molecule has 0 saturated heterocycles. The molecular weight excluding hydrogens is 244 g/mol. The maximum Gasteiger partial charge on any atom is 0.119 e. The van der Waals surface area contributed by atoms with Gasteiger partial charge in [0.15, 0.2) is 0 Å². The number of ether oxygens (including phenoxy) is 1. The van der Waals surface area contributed by atoms with Gasteiger partial charge in [-0.1, -0.05) is 15.9 Å². The highest BCUT2D eigenvalue weighted by Gasteiger charge is 2.21. The molecule has 0 aliphatic carbocycles. The van der Waals surface area contributed by atoms with E-state index in [9.17, 15) is 5.11 Å². The molecule has 0 unspecified atom stereocenters. The second kappa shape index (κ2) is 3.91. The Morgan fingerprint density at radius 3 is 2.36 bits per heavy atom. The van der Waals surface area contributed by atoms with Crippen LogP contribution < -0.4 is 4.74 Å². The van der Waals surface area contributed by atoms with Crippen molar-refractivity contribution in [1.82, 2.24) is 0 Å². The van der Waals surface area contributed by atoms with Crippen molar-refractivity contribution in [3.63, 3.8) is 0 Å². The minimum Gasteiger partial charge on any atom is -0.497 e. The molecule has 14 heavy (non-hydrogen) atoms. The molecule has 1 aromatic carbocycles. The predicted molar refractivity (Wildman–Crippen MR) is 60.7 cm³/mol. The molecule has 3 heteroatoms. The summed E-state index contributed by atoms with van der Waals surface area (Å²) in [7, 11) is 1.62. The second-order valence-corrected chi connectivity index (χ2v) is 4.66. The van der Waals surface area contributed by atoms with Crippen molar-refractivity contribution in [2.75, 3.05) is 7.11 Å². The fourth-order valence-corrected chi connectivity index (χ4v) is 2.01. The van der Waals surface area contributed by atoms with Gasteiger partial charge in [-0.3, -0.25) is 0 Å². The van der Waals surface area contributed by atoms with Crippen molar-refractivity contribution >= 4 is 15.9 Å². The van der Waals surface area contributed by atoms with Crippen LogP contribution in [0.3, 0.4) is 0 Å². The van der Waals surface area contributed by atoms with Crippen molar-refractivity contribution in [2.45, 2.75) is 26.4 Å². The summed E-state index contributed by atoms with van der Waals surface area (Å²) in [6.45, 7) is 5.49. The van der Waals surface area contributed by atoms with Gasteiger partial charge in [-0.25, -0.2) is 0 Å². The summed E-state index contributed by atoms with van der Waals surface area (Å²) in [5.74, 6) is 0.767. The Morgan fingerprint density at radius 1 is 1.36 bits per heavy atom. The van der Waals surface area contributed by atoms with E-state index in [0.717, 1.165) is 21.3 Å². The smallest absolute Gasteiger partial charge is 0.119 e. The molecule has 0 saturated carbocycles. The van der Waals surface area contributed by atoms with Crippen LogP contribution in [0.25, 0.3) is 0 Å². The topological polar surface area (TPSA) is 29.5 Å². The van der Waals surface area contributed by atoms with Crippen LogP contribution in [-0.4, -0.2) is 12.2 Å². The van der Waals surface area contributed by atoms with Gasteiger partial charge in [0, 0.05) is 10.0 Å². The van der Waals surface area contributed by atoms with Crippen LogP contribution in [0.2, 0.25) is 0 Å². The summed E-state index contributed by atoms with van der Waals surface area (Å²) >= 11 is 3.46. The van der Waals surface area contributed by atoms with Crippen LogP contribution in [0, 0.1) is 6.92 Å². The van der Waals surface area contributed by atoms with Gasteiger partial charge >= 0.3 is 0 Å². The maximum atomic E-state index is 9.93. The van der Waals surface area contributed by atoms with E-state index in [1.165, 1.54) is 0 Å². The average molecular weight is 259 g/mol. The first-order valence-corrected chi connectivity index (χ1v) is 5.22. The van der Waals surface area contributed by atoms with E-state index in [0.29, 0.717) is 0 Å². The molecule has 0 radical (unpaired) electrons. The molecule has 1 aromatic rings. The number of aliphatic hydroxyl groups is 1. The molecule has 2 nitrogen and oxygen atoms in total. The summed E-state index contributed by atoms with van der Waals surface area (Å²) in [6, 6.07) is 3.77. The Hall–Kier alpha value is -0.540. The van der Waals surface area contributed by atoms with Crippen LogP contribution >= 0.6 is 15.9 Å². The minimum absolute atomic E-state index is 0.767. The lowest BCUT2D eigenvalue weighted by atomic mass is 9.96. The van der Waals surface area contributed by atoms with E-state index < -0.39 is 5.60 Å². The Bertz CT molecular complexity index is 340. The summed E-state index contributed by atoms with van der Waals surface area (Å²) in [4.78, 5) is 0. The third kappa shape index (κ3) is 2.28. The molecule has 0 amide bonds. The molecule has 1 rings (SSSR count). The first-order chi connectivity index (χ1) is 6.36. The summed E-state index contributed by atoms with van der Waals surface area (Å²) in [5.41, 5.74) is 1.04. The Balaban J connectivity index is 3.35. The van der Waals surface area contributed by atoms with E-state index in [1.54, 1.807) is 21.0 Å². The largest absolute Gasteiger partial charge is 0.497 e. The minimum atomic E-state index is -0.863. The SMILES string of the molecule is COc1cc(C)c(Br)c(C(C)(C)O)c1. The van der Waals surface area contributed by atoms with E-state index in [4.69, 9.17) is 4.74 Å². The van der Waals surface area contributed by atoms with E-state index in [1.807, 2.05) is 19.1 Å². The Morgan fingerprint density at radius 2 is 1.93 bits per heavy atom. The summed E-state index contributed by atoms with van der Waals surface area (Å²) in [5, 5.41) is 9.93. The van der Waals surface area contributed by atoms with E-state index in [2.05, 4.69) is 15.9 Å². The highest BCUT2D eigenvalue weighted by molar-refractivity contribution is 9.10. The molecule has 0 fully saturated rings. The van der Waals surface area contributed by atoms with Gasteiger partial charge in [0.05, 0.1) is 12.7 Å². The number of hydrogen-bond donors (Lipinski definition) is 1. The van der Waals surface area contributed by atoms with Crippen LogP contribution in [0.1, 0.15) is 25.0 Å². The van der Waals surface area contributed by atoms with E-state index >= 15 is 0 Å². The van der Waals surface area contributed by atoms with Crippen molar-refractivity contribution < 1.29 is 9.84 Å². The van der Waals surface area contributed by atoms with Gasteiger partial charge in [-0.05, 0) is 38.5 Å². The van der Waals surface area contributed by atoms with Gasteiger partial charge < -0.3 is 9.84 Å². The van der Waals surface area contributed by atoms with Gasteiger partial charge in [-0.15, -0.1) is 0 Å². The zero-order valence-corrected chi connectivity index (χ0v) is 10.5. The van der Waals surface area contributed by atoms with Crippen LogP contribution in [-0.2, 0) is 5.60 Å². The van der Waals surface area contributed by atoms with Crippen molar-refractivity contribution in [3.05, 3.63) is 27.7 Å². The molecule has 0 spiro atoms. The summed E-state index contributed by atoms with van der Waals surface area (Å²) in [6.07, 6.45) is 0. The first-order valence-electron chi connectivity index (χ1n) is 4.43. The molecule has 0 bridgehead atoms.